The Hall–Kier alpha value is -1.73. The van der Waals surface area contributed by atoms with E-state index in [4.69, 9.17) is 4.74 Å². The van der Waals surface area contributed by atoms with Gasteiger partial charge in [0.1, 0.15) is 17.0 Å². The van der Waals surface area contributed by atoms with E-state index < -0.39 is 0 Å². The van der Waals surface area contributed by atoms with Crippen molar-refractivity contribution in [2.75, 3.05) is 38.8 Å². The lowest BCUT2D eigenvalue weighted by Crippen LogP contribution is -2.36. The molecule has 1 atom stereocenters. The van der Waals surface area contributed by atoms with Gasteiger partial charge in [0.2, 0.25) is 5.91 Å². The van der Waals surface area contributed by atoms with Crippen LogP contribution in [-0.2, 0) is 22.4 Å². The third-order valence-electron chi connectivity index (χ3n) is 4.66. The Balaban J connectivity index is 1.75. The van der Waals surface area contributed by atoms with Crippen molar-refractivity contribution in [3.8, 4) is 0 Å². The maximum atomic E-state index is 12.2. The van der Waals surface area contributed by atoms with Crippen LogP contribution in [0, 0.1) is 5.92 Å². The van der Waals surface area contributed by atoms with E-state index in [1.165, 1.54) is 16.9 Å². The molecule has 0 aromatic carbocycles. The molecule has 0 aliphatic heterocycles. The first kappa shape index (κ1) is 18.1. The molecule has 0 saturated heterocycles. The minimum Gasteiger partial charge on any atom is -0.385 e. The summed E-state index contributed by atoms with van der Waals surface area (Å²) in [4.78, 5) is 25.5. The predicted molar refractivity (Wildman–Crippen MR) is 101 cm³/mol. The van der Waals surface area contributed by atoms with Gasteiger partial charge in [-0.3, -0.25) is 4.79 Å². The van der Waals surface area contributed by atoms with Crippen molar-refractivity contribution in [3.63, 3.8) is 0 Å². The van der Waals surface area contributed by atoms with Crippen LogP contribution >= 0.6 is 11.3 Å². The Morgan fingerprint density at radius 2 is 2.32 bits per heavy atom. The summed E-state index contributed by atoms with van der Waals surface area (Å²) in [5, 5.41) is 4.07. The lowest BCUT2D eigenvalue weighted by molar-refractivity contribution is -0.119. The first-order chi connectivity index (χ1) is 12.1. The van der Waals surface area contributed by atoms with Crippen LogP contribution in [0.15, 0.2) is 6.33 Å². The second kappa shape index (κ2) is 8.10. The maximum Gasteiger partial charge on any atom is 0.239 e. The van der Waals surface area contributed by atoms with Crippen LogP contribution in [0.4, 0.5) is 5.82 Å². The molecule has 2 aromatic heterocycles. The molecule has 1 aliphatic carbocycles. The predicted octanol–water partition coefficient (Wildman–Crippen LogP) is 2.41. The van der Waals surface area contributed by atoms with Crippen LogP contribution in [0.25, 0.3) is 10.2 Å². The Labute approximate surface area is 152 Å². The van der Waals surface area contributed by atoms with E-state index in [0.29, 0.717) is 19.7 Å². The SMILES string of the molecule is COCCCNC(=O)CN(C)c1ncnc2sc3c(c12)CCC(C)C3. The van der Waals surface area contributed by atoms with E-state index in [1.54, 1.807) is 24.8 Å². The number of methoxy groups -OCH3 is 1. The highest BCUT2D eigenvalue weighted by Gasteiger charge is 2.24. The number of anilines is 1. The molecule has 7 heteroatoms. The van der Waals surface area contributed by atoms with E-state index in [0.717, 1.165) is 41.2 Å². The first-order valence-electron chi connectivity index (χ1n) is 8.82. The Morgan fingerprint density at radius 3 is 3.12 bits per heavy atom. The van der Waals surface area contributed by atoms with Gasteiger partial charge < -0.3 is 15.0 Å². The molecule has 1 N–H and O–H groups in total. The number of carbonyl (C=O) groups is 1. The summed E-state index contributed by atoms with van der Waals surface area (Å²) in [5.74, 6) is 1.60. The molecule has 0 saturated carbocycles. The van der Waals surface area contributed by atoms with Crippen LogP contribution in [-0.4, -0.2) is 49.7 Å². The van der Waals surface area contributed by atoms with Crippen molar-refractivity contribution >= 4 is 33.3 Å². The smallest absolute Gasteiger partial charge is 0.239 e. The molecule has 1 amide bonds. The molecule has 136 valence electrons. The van der Waals surface area contributed by atoms with Gasteiger partial charge in [0.05, 0.1) is 11.9 Å². The number of aromatic nitrogens is 2. The summed E-state index contributed by atoms with van der Waals surface area (Å²) < 4.78 is 5.00. The highest BCUT2D eigenvalue weighted by Crippen LogP contribution is 2.40. The lowest BCUT2D eigenvalue weighted by Gasteiger charge is -2.21. The van der Waals surface area contributed by atoms with E-state index >= 15 is 0 Å². The fourth-order valence-electron chi connectivity index (χ4n) is 3.34. The average Bonchev–Trinajstić information content (AvgIpc) is 2.96. The number of fused-ring (bicyclic) bond motifs is 3. The van der Waals surface area contributed by atoms with Crippen LogP contribution in [0.2, 0.25) is 0 Å². The number of aryl methyl sites for hydroxylation is 1. The first-order valence-corrected chi connectivity index (χ1v) is 9.63. The number of rotatable bonds is 7. The Kier molecular flexibility index (Phi) is 5.86. The number of thiophene rings is 1. The minimum atomic E-state index is 0.00286. The molecule has 6 nitrogen and oxygen atoms in total. The normalized spacial score (nSPS) is 16.7. The highest BCUT2D eigenvalue weighted by atomic mass is 32.1. The van der Waals surface area contributed by atoms with Crippen LogP contribution in [0.3, 0.4) is 0 Å². The fraction of sp³-hybridized carbons (Fsp3) is 0.611. The summed E-state index contributed by atoms with van der Waals surface area (Å²) in [7, 11) is 3.59. The van der Waals surface area contributed by atoms with Crippen molar-refractivity contribution in [2.24, 2.45) is 5.92 Å². The number of amides is 1. The van der Waals surface area contributed by atoms with Crippen molar-refractivity contribution in [2.45, 2.75) is 32.6 Å². The molecular weight excluding hydrogens is 336 g/mol. The summed E-state index contributed by atoms with van der Waals surface area (Å²) in [6.07, 6.45) is 5.83. The molecule has 2 heterocycles. The summed E-state index contributed by atoms with van der Waals surface area (Å²) in [5.41, 5.74) is 1.39. The number of ether oxygens (including phenoxy) is 1. The number of nitrogens with one attached hydrogen (secondary N) is 1. The number of hydrogen-bond acceptors (Lipinski definition) is 6. The zero-order valence-electron chi connectivity index (χ0n) is 15.2. The Morgan fingerprint density at radius 1 is 1.48 bits per heavy atom. The summed E-state index contributed by atoms with van der Waals surface area (Å²) in [6.45, 7) is 3.88. The topological polar surface area (TPSA) is 67.3 Å². The molecule has 0 spiro atoms. The third kappa shape index (κ3) is 4.10. The molecule has 1 unspecified atom stereocenters. The molecule has 0 fully saturated rings. The van der Waals surface area contributed by atoms with Crippen molar-refractivity contribution < 1.29 is 9.53 Å². The second-order valence-corrected chi connectivity index (χ2v) is 7.87. The number of hydrogen-bond donors (Lipinski definition) is 1. The van der Waals surface area contributed by atoms with Gasteiger partial charge in [0.25, 0.3) is 0 Å². The Bertz CT molecular complexity index is 746. The van der Waals surface area contributed by atoms with Gasteiger partial charge in [0, 0.05) is 32.2 Å². The molecular formula is C18H26N4O2S. The zero-order valence-corrected chi connectivity index (χ0v) is 16.0. The molecule has 0 bridgehead atoms. The molecule has 0 radical (unpaired) electrons. The van der Waals surface area contributed by atoms with E-state index in [2.05, 4.69) is 22.2 Å². The van der Waals surface area contributed by atoms with Crippen molar-refractivity contribution in [1.82, 2.24) is 15.3 Å². The van der Waals surface area contributed by atoms with Gasteiger partial charge in [-0.05, 0) is 37.2 Å². The van der Waals surface area contributed by atoms with E-state index in [9.17, 15) is 4.79 Å². The van der Waals surface area contributed by atoms with Gasteiger partial charge in [-0.25, -0.2) is 9.97 Å². The highest BCUT2D eigenvalue weighted by molar-refractivity contribution is 7.19. The van der Waals surface area contributed by atoms with Crippen molar-refractivity contribution in [1.29, 1.82) is 0 Å². The number of nitrogens with zero attached hydrogens (tertiary/aromatic N) is 3. The summed E-state index contributed by atoms with van der Waals surface area (Å²) >= 11 is 1.78. The quantitative estimate of drug-likeness (QED) is 0.766. The lowest BCUT2D eigenvalue weighted by atomic mass is 9.89. The monoisotopic (exact) mass is 362 g/mol. The zero-order chi connectivity index (χ0) is 17.8. The van der Waals surface area contributed by atoms with Crippen LogP contribution in [0.5, 0.6) is 0 Å². The average molecular weight is 362 g/mol. The van der Waals surface area contributed by atoms with Crippen LogP contribution < -0.4 is 10.2 Å². The van der Waals surface area contributed by atoms with Gasteiger partial charge in [-0.2, -0.15) is 0 Å². The maximum absolute atomic E-state index is 12.2. The molecule has 3 rings (SSSR count). The molecule has 25 heavy (non-hydrogen) atoms. The summed E-state index contributed by atoms with van der Waals surface area (Å²) in [6, 6.07) is 0. The number of carbonyl (C=O) groups excluding carboxylic acids is 1. The molecule has 2 aromatic rings. The van der Waals surface area contributed by atoms with Gasteiger partial charge >= 0.3 is 0 Å². The van der Waals surface area contributed by atoms with Gasteiger partial charge in [0.15, 0.2) is 0 Å². The van der Waals surface area contributed by atoms with E-state index in [1.807, 2.05) is 11.9 Å². The third-order valence-corrected chi connectivity index (χ3v) is 5.82. The standard InChI is InChI=1S/C18H26N4O2S/c1-12-5-6-13-14(9-12)25-18-16(13)17(20-11-21-18)22(2)10-15(23)19-7-4-8-24-3/h11-12H,4-10H2,1-3H3,(H,19,23). The molecule has 1 aliphatic rings. The fourth-order valence-corrected chi connectivity index (χ4v) is 4.68. The van der Waals surface area contributed by atoms with Gasteiger partial charge in [-0.15, -0.1) is 11.3 Å². The largest absolute Gasteiger partial charge is 0.385 e. The van der Waals surface area contributed by atoms with Crippen LogP contribution in [0.1, 0.15) is 30.2 Å². The van der Waals surface area contributed by atoms with Gasteiger partial charge in [-0.1, -0.05) is 6.92 Å². The second-order valence-electron chi connectivity index (χ2n) is 6.78. The number of likely N-dealkylation sites (N-methyl/N-ethyl adjacent to an activating group) is 1. The van der Waals surface area contributed by atoms with E-state index in [-0.39, 0.29) is 5.91 Å². The minimum absolute atomic E-state index is 0.00286. The van der Waals surface area contributed by atoms with Crippen molar-refractivity contribution in [3.05, 3.63) is 16.8 Å².